The maximum atomic E-state index is 13.8. The van der Waals surface area contributed by atoms with Gasteiger partial charge in [0.2, 0.25) is 0 Å². The van der Waals surface area contributed by atoms with Crippen molar-refractivity contribution in [2.75, 3.05) is 18.6 Å². The summed E-state index contributed by atoms with van der Waals surface area (Å²) in [5.41, 5.74) is 3.18. The summed E-state index contributed by atoms with van der Waals surface area (Å²) >= 11 is 9.61. The van der Waals surface area contributed by atoms with E-state index >= 15 is 0 Å². The summed E-state index contributed by atoms with van der Waals surface area (Å²) in [4.78, 5) is 15.1. The summed E-state index contributed by atoms with van der Waals surface area (Å²) in [5, 5.41) is 9.11. The highest BCUT2D eigenvalue weighted by Crippen LogP contribution is 2.45. The van der Waals surface area contributed by atoms with E-state index in [0.29, 0.717) is 23.4 Å². The topological polar surface area (TPSA) is 58.3 Å². The lowest BCUT2D eigenvalue weighted by atomic mass is 10.0. The van der Waals surface area contributed by atoms with E-state index in [4.69, 9.17) is 16.3 Å². The van der Waals surface area contributed by atoms with E-state index in [2.05, 4.69) is 22.0 Å². The molecule has 2 heterocycles. The first-order valence-corrected chi connectivity index (χ1v) is 10.7. The molecule has 0 unspecified atom stereocenters. The molecule has 5 nitrogen and oxygen atoms in total. The number of carbonyl (C=O) groups excluding carboxylic acids is 1. The molecule has 0 fully saturated rings. The van der Waals surface area contributed by atoms with E-state index in [1.807, 2.05) is 23.6 Å². The van der Waals surface area contributed by atoms with Gasteiger partial charge in [-0.3, -0.25) is 9.69 Å². The number of hydrogen-bond acceptors (Lipinski definition) is 3. The average molecular weight is 503 g/mol. The van der Waals surface area contributed by atoms with Crippen molar-refractivity contribution in [1.82, 2.24) is 4.57 Å². The van der Waals surface area contributed by atoms with E-state index in [0.717, 1.165) is 15.9 Å². The number of amides is 1. The minimum absolute atomic E-state index is 0.0476. The van der Waals surface area contributed by atoms with Gasteiger partial charge >= 0.3 is 0 Å². The van der Waals surface area contributed by atoms with E-state index < -0.39 is 11.9 Å². The molecule has 0 spiro atoms. The predicted molar refractivity (Wildman–Crippen MR) is 120 cm³/mol. The number of hydrogen-bond donors (Lipinski definition) is 0. The van der Waals surface area contributed by atoms with Gasteiger partial charge in [0.1, 0.15) is 11.9 Å². The van der Waals surface area contributed by atoms with Crippen LogP contribution in [0.5, 0.6) is 0 Å². The zero-order valence-corrected chi connectivity index (χ0v) is 19.1. The highest BCUT2D eigenvalue weighted by molar-refractivity contribution is 9.10. The van der Waals surface area contributed by atoms with Gasteiger partial charge in [-0.15, -0.1) is 0 Å². The van der Waals surface area contributed by atoms with Crippen molar-refractivity contribution in [2.45, 2.75) is 19.0 Å². The van der Waals surface area contributed by atoms with Crippen LogP contribution in [0.2, 0.25) is 5.02 Å². The Hall–Kier alpha value is -2.66. The first-order valence-electron chi connectivity index (χ1n) is 9.55. The van der Waals surface area contributed by atoms with Crippen LogP contribution in [0.4, 0.5) is 10.1 Å². The Labute approximate surface area is 192 Å². The molecule has 0 saturated carbocycles. The third-order valence-electron chi connectivity index (χ3n) is 5.38. The number of carbonyl (C=O) groups is 1. The van der Waals surface area contributed by atoms with Crippen molar-refractivity contribution in [3.63, 3.8) is 0 Å². The van der Waals surface area contributed by atoms with Gasteiger partial charge in [0.15, 0.2) is 0 Å². The lowest BCUT2D eigenvalue weighted by Crippen LogP contribution is -2.30. The second kappa shape index (κ2) is 8.46. The fourth-order valence-corrected chi connectivity index (χ4v) is 4.98. The van der Waals surface area contributed by atoms with Gasteiger partial charge in [0.05, 0.1) is 45.2 Å². The highest BCUT2D eigenvalue weighted by Gasteiger charge is 2.43. The highest BCUT2D eigenvalue weighted by atomic mass is 79.9. The third-order valence-corrected chi connectivity index (χ3v) is 6.28. The Kier molecular flexibility index (Phi) is 5.89. The maximum Gasteiger partial charge on any atom is 0.261 e. The van der Waals surface area contributed by atoms with Crippen molar-refractivity contribution >= 4 is 39.1 Å². The van der Waals surface area contributed by atoms with Crippen LogP contribution in [0.15, 0.2) is 53.1 Å². The predicted octanol–water partition coefficient (Wildman–Crippen LogP) is 5.87. The molecule has 8 heteroatoms. The van der Waals surface area contributed by atoms with E-state index in [-0.39, 0.29) is 17.0 Å². The number of aromatic nitrogens is 1. The Morgan fingerprint density at radius 1 is 1.26 bits per heavy atom. The Bertz CT molecular complexity index is 1200. The van der Waals surface area contributed by atoms with Crippen LogP contribution in [0.1, 0.15) is 46.2 Å². The zero-order valence-electron chi connectivity index (χ0n) is 16.8. The largest absolute Gasteiger partial charge is 0.383 e. The van der Waals surface area contributed by atoms with Gasteiger partial charge in [0, 0.05) is 12.8 Å². The number of rotatable bonds is 5. The van der Waals surface area contributed by atoms with Gasteiger partial charge in [-0.05, 0) is 64.8 Å². The molecule has 1 aliphatic heterocycles. The van der Waals surface area contributed by atoms with Gasteiger partial charge in [-0.25, -0.2) is 4.39 Å². The molecule has 3 aromatic rings. The number of benzene rings is 2. The fraction of sp³-hybridized carbons (Fsp3) is 0.217. The number of ether oxygens (including phenoxy) is 1. The molecule has 0 radical (unpaired) electrons. The monoisotopic (exact) mass is 501 g/mol. The molecule has 4 rings (SSSR count). The number of methoxy groups -OCH3 is 1. The second-order valence-corrected chi connectivity index (χ2v) is 8.57. The average Bonchev–Trinajstić information content (AvgIpc) is 3.23. The first kappa shape index (κ1) is 21.6. The fourth-order valence-electron chi connectivity index (χ4n) is 4.04. The molecular weight excluding hydrogens is 485 g/mol. The Morgan fingerprint density at radius 3 is 2.58 bits per heavy atom. The number of nitriles is 1. The molecule has 0 aliphatic carbocycles. The zero-order chi connectivity index (χ0) is 22.3. The van der Waals surface area contributed by atoms with Crippen LogP contribution in [-0.2, 0) is 4.74 Å². The summed E-state index contributed by atoms with van der Waals surface area (Å²) in [6.07, 6.45) is 0. The lowest BCUT2D eigenvalue weighted by Gasteiger charge is -2.29. The van der Waals surface area contributed by atoms with E-state index in [1.54, 1.807) is 36.3 Å². The smallest absolute Gasteiger partial charge is 0.261 e. The van der Waals surface area contributed by atoms with Crippen LogP contribution in [0.3, 0.4) is 0 Å². The van der Waals surface area contributed by atoms with Crippen molar-refractivity contribution in [3.05, 3.63) is 86.4 Å². The SMILES string of the molecule is COC[C@@H](C)n1c(Br)cc2c1[C@@H](c1ccc(C#N)cc1)N(c1ccc(F)c(Cl)c1)C2=O. The number of fused-ring (bicyclic) bond motifs is 1. The Balaban J connectivity index is 1.93. The molecule has 1 aliphatic rings. The standard InChI is InChI=1S/C23H18BrClFN3O2/c1-13(12-31-2)28-20(24)10-17-22(28)21(15-5-3-14(11-27)4-6-15)29(23(17)30)16-7-8-19(26)18(25)9-16/h3-10,13,21H,12H2,1-2H3/t13-,21-/m1/s1. The quantitative estimate of drug-likeness (QED) is 0.438. The molecule has 2 aromatic carbocycles. The first-order chi connectivity index (χ1) is 14.9. The van der Waals surface area contributed by atoms with Gasteiger partial charge in [0.25, 0.3) is 5.91 Å². The van der Waals surface area contributed by atoms with Crippen LogP contribution >= 0.6 is 27.5 Å². The van der Waals surface area contributed by atoms with Crippen LogP contribution in [-0.4, -0.2) is 24.2 Å². The molecule has 158 valence electrons. The summed E-state index contributed by atoms with van der Waals surface area (Å²) in [7, 11) is 1.63. The maximum absolute atomic E-state index is 13.8. The van der Waals surface area contributed by atoms with Crippen molar-refractivity contribution in [2.24, 2.45) is 0 Å². The normalized spacial score (nSPS) is 16.3. The van der Waals surface area contributed by atoms with E-state index in [9.17, 15) is 14.4 Å². The lowest BCUT2D eigenvalue weighted by molar-refractivity contribution is 0.0993. The van der Waals surface area contributed by atoms with Crippen molar-refractivity contribution in [3.8, 4) is 6.07 Å². The summed E-state index contributed by atoms with van der Waals surface area (Å²) in [6.45, 7) is 2.46. The minimum atomic E-state index is -0.550. The molecule has 1 aromatic heterocycles. The molecule has 31 heavy (non-hydrogen) atoms. The van der Waals surface area contributed by atoms with Crippen LogP contribution < -0.4 is 4.90 Å². The summed E-state index contributed by atoms with van der Waals surface area (Å²) in [5.74, 6) is -0.762. The number of anilines is 1. The molecule has 0 bridgehead atoms. The molecular formula is C23H18BrClFN3O2. The molecule has 1 amide bonds. The second-order valence-electron chi connectivity index (χ2n) is 7.35. The van der Waals surface area contributed by atoms with Crippen LogP contribution in [0.25, 0.3) is 0 Å². The Morgan fingerprint density at radius 2 is 1.97 bits per heavy atom. The van der Waals surface area contributed by atoms with Crippen molar-refractivity contribution < 1.29 is 13.9 Å². The molecule has 0 N–H and O–H groups in total. The molecule has 2 atom stereocenters. The van der Waals surface area contributed by atoms with Gasteiger partial charge < -0.3 is 9.30 Å². The van der Waals surface area contributed by atoms with Gasteiger partial charge in [-0.1, -0.05) is 23.7 Å². The van der Waals surface area contributed by atoms with Crippen molar-refractivity contribution in [1.29, 1.82) is 5.26 Å². The van der Waals surface area contributed by atoms with Gasteiger partial charge in [-0.2, -0.15) is 5.26 Å². The number of nitrogens with zero attached hydrogens (tertiary/aromatic N) is 3. The third kappa shape index (κ3) is 3.65. The summed E-state index contributed by atoms with van der Waals surface area (Å²) < 4.78 is 22.0. The number of halogens is 3. The van der Waals surface area contributed by atoms with E-state index in [1.165, 1.54) is 12.1 Å². The van der Waals surface area contributed by atoms with Crippen LogP contribution in [0, 0.1) is 17.1 Å². The summed E-state index contributed by atoms with van der Waals surface area (Å²) in [6, 6.07) is 14.7. The minimum Gasteiger partial charge on any atom is -0.383 e. The molecule has 0 saturated heterocycles.